The highest BCUT2D eigenvalue weighted by Crippen LogP contribution is 2.22. The maximum Gasteiger partial charge on any atom is 0.238 e. The van der Waals surface area contributed by atoms with E-state index < -0.39 is 17.5 Å². The van der Waals surface area contributed by atoms with Crippen molar-refractivity contribution in [2.75, 3.05) is 5.32 Å². The first-order valence-electron chi connectivity index (χ1n) is 10.2. The molecular formula is C24H21F2N5O2. The summed E-state index contributed by atoms with van der Waals surface area (Å²) in [5.74, 6) is -0.467. The number of aryl methyl sites for hydroxylation is 1. The molecule has 0 aliphatic heterocycles. The molecule has 2 heterocycles. The molecule has 2 aromatic heterocycles. The van der Waals surface area contributed by atoms with Crippen LogP contribution in [0.4, 0.5) is 14.5 Å². The lowest BCUT2D eigenvalue weighted by atomic mass is 10.1. The average molecular weight is 449 g/mol. The van der Waals surface area contributed by atoms with Gasteiger partial charge in [-0.1, -0.05) is 6.07 Å². The van der Waals surface area contributed by atoms with Crippen molar-refractivity contribution in [3.8, 4) is 17.4 Å². The predicted molar refractivity (Wildman–Crippen MR) is 119 cm³/mol. The number of benzene rings is 2. The number of aromatic nitrogens is 4. The molecule has 0 saturated carbocycles. The van der Waals surface area contributed by atoms with Crippen molar-refractivity contribution in [1.29, 1.82) is 0 Å². The second-order valence-electron chi connectivity index (χ2n) is 7.52. The van der Waals surface area contributed by atoms with Crippen molar-refractivity contribution in [3.63, 3.8) is 0 Å². The van der Waals surface area contributed by atoms with Crippen LogP contribution in [0.15, 0.2) is 54.6 Å². The van der Waals surface area contributed by atoms with Gasteiger partial charge in [0.25, 0.3) is 0 Å². The molecule has 168 valence electrons. The first-order chi connectivity index (χ1) is 15.8. The monoisotopic (exact) mass is 449 g/mol. The lowest BCUT2D eigenvalue weighted by molar-refractivity contribution is -0.115. The van der Waals surface area contributed by atoms with E-state index in [9.17, 15) is 13.6 Å². The van der Waals surface area contributed by atoms with Gasteiger partial charge in [0.05, 0.1) is 12.1 Å². The SMILES string of the molecule is Cc1nn(-c2ccc(Oc3ccc(NC(=O)Cc4ccc(F)cc4F)cc3)nn2)c(C)c1C. The third kappa shape index (κ3) is 5.03. The molecule has 0 aliphatic rings. The highest BCUT2D eigenvalue weighted by Gasteiger charge is 2.12. The van der Waals surface area contributed by atoms with E-state index in [1.807, 2.05) is 20.8 Å². The quantitative estimate of drug-likeness (QED) is 0.456. The van der Waals surface area contributed by atoms with Crippen molar-refractivity contribution >= 4 is 11.6 Å². The summed E-state index contributed by atoms with van der Waals surface area (Å²) in [5, 5.41) is 15.4. The number of halogens is 2. The molecule has 1 N–H and O–H groups in total. The Morgan fingerprint density at radius 1 is 1.00 bits per heavy atom. The summed E-state index contributed by atoms with van der Waals surface area (Å²) in [6.45, 7) is 5.92. The molecule has 0 atom stereocenters. The standard InChI is InChI=1S/C24H21F2N5O2/c1-14-15(2)30-31(16(14)3)22-10-11-24(29-28-22)33-20-8-6-19(7-9-20)27-23(32)12-17-4-5-18(25)13-21(17)26/h4-11,13H,12H2,1-3H3,(H,27,32). The Labute approximate surface area is 189 Å². The fraction of sp³-hybridized carbons (Fsp3) is 0.167. The lowest BCUT2D eigenvalue weighted by Gasteiger charge is -2.08. The number of nitrogens with zero attached hydrogens (tertiary/aromatic N) is 4. The van der Waals surface area contributed by atoms with Crippen molar-refractivity contribution in [2.45, 2.75) is 27.2 Å². The molecule has 4 aromatic rings. The summed E-state index contributed by atoms with van der Waals surface area (Å²) >= 11 is 0. The maximum atomic E-state index is 13.7. The minimum Gasteiger partial charge on any atom is -0.438 e. The molecule has 0 aliphatic carbocycles. The van der Waals surface area contributed by atoms with Crippen LogP contribution in [0.5, 0.6) is 11.6 Å². The van der Waals surface area contributed by atoms with E-state index in [-0.39, 0.29) is 12.0 Å². The Bertz CT molecular complexity index is 1300. The molecule has 0 saturated heterocycles. The molecule has 0 radical (unpaired) electrons. The third-order valence-corrected chi connectivity index (χ3v) is 5.22. The highest BCUT2D eigenvalue weighted by molar-refractivity contribution is 5.92. The molecular weight excluding hydrogens is 428 g/mol. The van der Waals surface area contributed by atoms with E-state index in [1.165, 1.54) is 6.07 Å². The van der Waals surface area contributed by atoms with Crippen LogP contribution in [0.2, 0.25) is 0 Å². The van der Waals surface area contributed by atoms with Crippen LogP contribution < -0.4 is 10.1 Å². The van der Waals surface area contributed by atoms with E-state index in [1.54, 1.807) is 41.1 Å². The Balaban J connectivity index is 1.37. The molecule has 0 fully saturated rings. The van der Waals surface area contributed by atoms with Crippen LogP contribution >= 0.6 is 0 Å². The Morgan fingerprint density at radius 3 is 2.36 bits per heavy atom. The smallest absolute Gasteiger partial charge is 0.238 e. The second kappa shape index (κ2) is 9.15. The van der Waals surface area contributed by atoms with Gasteiger partial charge in [-0.15, -0.1) is 10.2 Å². The third-order valence-electron chi connectivity index (χ3n) is 5.22. The van der Waals surface area contributed by atoms with Gasteiger partial charge in [0.15, 0.2) is 5.82 Å². The van der Waals surface area contributed by atoms with Crippen LogP contribution in [0.3, 0.4) is 0 Å². The summed E-state index contributed by atoms with van der Waals surface area (Å²) < 4.78 is 34.1. The molecule has 1 amide bonds. The number of carbonyl (C=O) groups excluding carboxylic acids is 1. The molecule has 7 nitrogen and oxygen atoms in total. The number of anilines is 1. The van der Waals surface area contributed by atoms with Crippen LogP contribution in [-0.2, 0) is 11.2 Å². The number of hydrogen-bond acceptors (Lipinski definition) is 5. The summed E-state index contributed by atoms with van der Waals surface area (Å²) in [7, 11) is 0. The molecule has 4 rings (SSSR count). The van der Waals surface area contributed by atoms with E-state index in [4.69, 9.17) is 4.74 Å². The van der Waals surface area contributed by atoms with Gasteiger partial charge in [0.1, 0.15) is 17.4 Å². The largest absolute Gasteiger partial charge is 0.438 e. The zero-order valence-corrected chi connectivity index (χ0v) is 18.3. The van der Waals surface area contributed by atoms with Crippen LogP contribution in [0.25, 0.3) is 5.82 Å². The number of rotatable bonds is 6. The fourth-order valence-corrected chi connectivity index (χ4v) is 3.19. The summed E-state index contributed by atoms with van der Waals surface area (Å²) in [6, 6.07) is 13.2. The van der Waals surface area contributed by atoms with E-state index in [2.05, 4.69) is 20.6 Å². The zero-order valence-electron chi connectivity index (χ0n) is 18.3. The lowest BCUT2D eigenvalue weighted by Crippen LogP contribution is -2.15. The van der Waals surface area contributed by atoms with E-state index in [0.717, 1.165) is 29.1 Å². The number of carbonyl (C=O) groups is 1. The Morgan fingerprint density at radius 2 is 1.76 bits per heavy atom. The van der Waals surface area contributed by atoms with Crippen LogP contribution in [0.1, 0.15) is 22.5 Å². The van der Waals surface area contributed by atoms with Gasteiger partial charge in [-0.2, -0.15) is 5.10 Å². The fourth-order valence-electron chi connectivity index (χ4n) is 3.19. The van der Waals surface area contributed by atoms with Gasteiger partial charge in [0, 0.05) is 23.5 Å². The first-order valence-corrected chi connectivity index (χ1v) is 10.2. The van der Waals surface area contributed by atoms with Crippen molar-refractivity contribution < 1.29 is 18.3 Å². The highest BCUT2D eigenvalue weighted by atomic mass is 19.1. The van der Waals surface area contributed by atoms with Gasteiger partial charge < -0.3 is 10.1 Å². The molecule has 0 bridgehead atoms. The number of ether oxygens (including phenoxy) is 1. The molecule has 2 aromatic carbocycles. The normalized spacial score (nSPS) is 10.8. The van der Waals surface area contributed by atoms with Gasteiger partial charge in [0.2, 0.25) is 11.8 Å². The minimum absolute atomic E-state index is 0.117. The van der Waals surface area contributed by atoms with Gasteiger partial charge in [-0.05, 0) is 68.3 Å². The minimum atomic E-state index is -0.756. The van der Waals surface area contributed by atoms with E-state index >= 15 is 0 Å². The number of hydrogen-bond donors (Lipinski definition) is 1. The zero-order chi connectivity index (χ0) is 23.5. The Hall–Kier alpha value is -4.14. The van der Waals surface area contributed by atoms with Crippen LogP contribution in [-0.4, -0.2) is 25.9 Å². The second-order valence-corrected chi connectivity index (χ2v) is 7.52. The summed E-state index contributed by atoms with van der Waals surface area (Å²) in [4.78, 5) is 12.2. The van der Waals surface area contributed by atoms with Gasteiger partial charge >= 0.3 is 0 Å². The number of amides is 1. The summed E-state index contributed by atoms with van der Waals surface area (Å²) in [6.07, 6.45) is -0.207. The topological polar surface area (TPSA) is 81.9 Å². The molecule has 0 spiro atoms. The summed E-state index contributed by atoms with van der Waals surface area (Å²) in [5.41, 5.74) is 3.66. The predicted octanol–water partition coefficient (Wildman–Crippen LogP) is 4.84. The molecule has 9 heteroatoms. The van der Waals surface area contributed by atoms with Gasteiger partial charge in [-0.25, -0.2) is 13.5 Å². The van der Waals surface area contributed by atoms with Gasteiger partial charge in [-0.3, -0.25) is 4.79 Å². The number of nitrogens with one attached hydrogen (secondary N) is 1. The van der Waals surface area contributed by atoms with Crippen molar-refractivity contribution in [3.05, 3.63) is 88.7 Å². The van der Waals surface area contributed by atoms with Crippen LogP contribution in [0, 0.1) is 32.4 Å². The first kappa shape index (κ1) is 22.1. The van der Waals surface area contributed by atoms with Crippen molar-refractivity contribution in [1.82, 2.24) is 20.0 Å². The molecule has 0 unspecified atom stereocenters. The van der Waals surface area contributed by atoms with Crippen molar-refractivity contribution in [2.24, 2.45) is 0 Å². The maximum absolute atomic E-state index is 13.7. The Kier molecular flexibility index (Phi) is 6.12. The average Bonchev–Trinajstić information content (AvgIpc) is 3.05. The molecule has 33 heavy (non-hydrogen) atoms. The van der Waals surface area contributed by atoms with E-state index in [0.29, 0.717) is 23.1 Å².